The maximum Gasteiger partial charge on any atom is 0.426 e. The van der Waals surface area contributed by atoms with Crippen molar-refractivity contribution < 1.29 is 32.6 Å². The molecular formula is C20H18F3NO4. The molecule has 28 heavy (non-hydrogen) atoms. The number of halogens is 3. The number of benzene rings is 2. The first-order valence-corrected chi connectivity index (χ1v) is 8.58. The molecule has 148 valence electrons. The Bertz CT molecular complexity index is 885. The summed E-state index contributed by atoms with van der Waals surface area (Å²) in [5, 5.41) is 12.4. The summed E-state index contributed by atoms with van der Waals surface area (Å²) in [6.45, 7) is 1.49. The highest BCUT2D eigenvalue weighted by atomic mass is 19.4. The van der Waals surface area contributed by atoms with Gasteiger partial charge in [0.05, 0.1) is 5.56 Å². The number of ether oxygens (including phenoxy) is 1. The molecule has 2 N–H and O–H groups in total. The normalized spacial score (nSPS) is 19.3. The van der Waals surface area contributed by atoms with E-state index < -0.39 is 42.2 Å². The van der Waals surface area contributed by atoms with Crippen LogP contribution >= 0.6 is 0 Å². The van der Waals surface area contributed by atoms with Crippen molar-refractivity contribution in [2.75, 3.05) is 0 Å². The molecule has 0 fully saturated rings. The van der Waals surface area contributed by atoms with Gasteiger partial charge in [0.15, 0.2) is 0 Å². The molecule has 3 rings (SSSR count). The van der Waals surface area contributed by atoms with Gasteiger partial charge in [-0.25, -0.2) is 4.79 Å². The number of alkyl halides is 3. The SMILES string of the molecule is CC(CC(O)(C(=O)NC1OC(=O)c2ccccc21)C(F)(F)F)c1ccccc1. The quantitative estimate of drug-likeness (QED) is 0.763. The van der Waals surface area contributed by atoms with Gasteiger partial charge in [-0.05, 0) is 17.5 Å². The number of rotatable bonds is 5. The zero-order chi connectivity index (χ0) is 20.5. The fourth-order valence-corrected chi connectivity index (χ4v) is 3.17. The number of cyclic esters (lactones) is 1. The van der Waals surface area contributed by atoms with Crippen LogP contribution in [0.2, 0.25) is 0 Å². The molecule has 1 amide bonds. The van der Waals surface area contributed by atoms with Crippen LogP contribution in [0.15, 0.2) is 54.6 Å². The van der Waals surface area contributed by atoms with Crippen molar-refractivity contribution in [2.45, 2.75) is 37.3 Å². The number of esters is 1. The van der Waals surface area contributed by atoms with Gasteiger partial charge in [0.2, 0.25) is 11.8 Å². The van der Waals surface area contributed by atoms with Crippen molar-refractivity contribution in [1.29, 1.82) is 0 Å². The number of hydrogen-bond acceptors (Lipinski definition) is 4. The average Bonchev–Trinajstić information content (AvgIpc) is 2.97. The van der Waals surface area contributed by atoms with Gasteiger partial charge in [-0.15, -0.1) is 0 Å². The lowest BCUT2D eigenvalue weighted by molar-refractivity contribution is -0.255. The van der Waals surface area contributed by atoms with Crippen LogP contribution in [0.5, 0.6) is 0 Å². The highest BCUT2D eigenvalue weighted by molar-refractivity contribution is 5.95. The van der Waals surface area contributed by atoms with E-state index in [1.54, 1.807) is 42.5 Å². The highest BCUT2D eigenvalue weighted by Gasteiger charge is 2.60. The van der Waals surface area contributed by atoms with Gasteiger partial charge in [0, 0.05) is 12.0 Å². The first kappa shape index (κ1) is 19.9. The second-order valence-corrected chi connectivity index (χ2v) is 6.72. The van der Waals surface area contributed by atoms with Gasteiger partial charge in [0.1, 0.15) is 0 Å². The minimum absolute atomic E-state index is 0.154. The summed E-state index contributed by atoms with van der Waals surface area (Å²) in [6.07, 6.45) is -7.49. The molecular weight excluding hydrogens is 375 g/mol. The van der Waals surface area contributed by atoms with Crippen molar-refractivity contribution in [3.8, 4) is 0 Å². The Hall–Kier alpha value is -2.87. The number of aliphatic hydroxyl groups is 1. The van der Waals surface area contributed by atoms with E-state index in [4.69, 9.17) is 4.74 Å². The summed E-state index contributed by atoms with van der Waals surface area (Å²) in [6, 6.07) is 14.3. The van der Waals surface area contributed by atoms with E-state index in [1.165, 1.54) is 19.1 Å². The Morgan fingerprint density at radius 1 is 1.14 bits per heavy atom. The number of amides is 1. The van der Waals surface area contributed by atoms with Gasteiger partial charge < -0.3 is 15.2 Å². The molecule has 1 aliphatic rings. The lowest BCUT2D eigenvalue weighted by atomic mass is 9.85. The van der Waals surface area contributed by atoms with Crippen LogP contribution in [-0.4, -0.2) is 28.8 Å². The largest absolute Gasteiger partial charge is 0.434 e. The zero-order valence-corrected chi connectivity index (χ0v) is 14.9. The predicted octanol–water partition coefficient (Wildman–Crippen LogP) is 3.46. The molecule has 2 aromatic carbocycles. The second kappa shape index (κ2) is 7.27. The number of carbonyl (C=O) groups excluding carboxylic acids is 2. The third-order valence-corrected chi connectivity index (χ3v) is 4.77. The first-order chi connectivity index (χ1) is 13.1. The van der Waals surface area contributed by atoms with Crippen molar-refractivity contribution in [3.05, 3.63) is 71.3 Å². The van der Waals surface area contributed by atoms with Gasteiger partial charge in [-0.1, -0.05) is 55.5 Å². The van der Waals surface area contributed by atoms with Crippen molar-refractivity contribution in [1.82, 2.24) is 5.32 Å². The molecule has 5 nitrogen and oxygen atoms in total. The van der Waals surface area contributed by atoms with E-state index >= 15 is 0 Å². The van der Waals surface area contributed by atoms with E-state index in [0.717, 1.165) is 0 Å². The van der Waals surface area contributed by atoms with E-state index in [1.807, 2.05) is 5.32 Å². The Balaban J connectivity index is 1.84. The minimum Gasteiger partial charge on any atom is -0.434 e. The smallest absolute Gasteiger partial charge is 0.426 e. The molecule has 8 heteroatoms. The molecule has 0 saturated heterocycles. The predicted molar refractivity (Wildman–Crippen MR) is 93.2 cm³/mol. The van der Waals surface area contributed by atoms with E-state index in [2.05, 4.69) is 0 Å². The molecule has 0 aliphatic carbocycles. The maximum absolute atomic E-state index is 13.7. The van der Waals surface area contributed by atoms with Crippen LogP contribution in [0.4, 0.5) is 13.2 Å². The molecule has 0 aromatic heterocycles. The Labute approximate surface area is 159 Å². The van der Waals surface area contributed by atoms with E-state index in [0.29, 0.717) is 5.56 Å². The van der Waals surface area contributed by atoms with E-state index in [-0.39, 0.29) is 11.1 Å². The van der Waals surface area contributed by atoms with Crippen LogP contribution in [0.25, 0.3) is 0 Å². The Morgan fingerprint density at radius 3 is 2.39 bits per heavy atom. The summed E-state index contributed by atoms with van der Waals surface area (Å²) < 4.78 is 45.9. The van der Waals surface area contributed by atoms with Crippen LogP contribution in [0, 0.1) is 0 Å². The third kappa shape index (κ3) is 3.60. The highest BCUT2D eigenvalue weighted by Crippen LogP contribution is 2.39. The number of carbonyl (C=O) groups is 2. The lowest BCUT2D eigenvalue weighted by Gasteiger charge is -2.32. The average molecular weight is 393 g/mol. The van der Waals surface area contributed by atoms with Crippen LogP contribution < -0.4 is 5.32 Å². The fourth-order valence-electron chi connectivity index (χ4n) is 3.17. The maximum atomic E-state index is 13.7. The Morgan fingerprint density at radius 2 is 1.75 bits per heavy atom. The molecule has 0 radical (unpaired) electrons. The van der Waals surface area contributed by atoms with Gasteiger partial charge in [-0.2, -0.15) is 13.2 Å². The van der Waals surface area contributed by atoms with Crippen molar-refractivity contribution >= 4 is 11.9 Å². The van der Waals surface area contributed by atoms with Crippen LogP contribution in [-0.2, 0) is 9.53 Å². The molecule has 0 bridgehead atoms. The first-order valence-electron chi connectivity index (χ1n) is 8.58. The van der Waals surface area contributed by atoms with Gasteiger partial charge in [0.25, 0.3) is 5.91 Å². The number of nitrogens with one attached hydrogen (secondary N) is 1. The van der Waals surface area contributed by atoms with Gasteiger partial charge >= 0.3 is 12.1 Å². The van der Waals surface area contributed by atoms with E-state index in [9.17, 15) is 27.9 Å². The second-order valence-electron chi connectivity index (χ2n) is 6.72. The molecule has 2 aromatic rings. The fraction of sp³-hybridized carbons (Fsp3) is 0.300. The summed E-state index contributed by atoms with van der Waals surface area (Å²) >= 11 is 0. The third-order valence-electron chi connectivity index (χ3n) is 4.77. The van der Waals surface area contributed by atoms with Crippen molar-refractivity contribution in [2.24, 2.45) is 0 Å². The summed E-state index contributed by atoms with van der Waals surface area (Å²) in [5.74, 6) is -3.18. The number of hydrogen-bond donors (Lipinski definition) is 2. The van der Waals surface area contributed by atoms with Crippen molar-refractivity contribution in [3.63, 3.8) is 0 Å². The molecule has 1 aliphatic heterocycles. The molecule has 3 atom stereocenters. The molecule has 0 spiro atoms. The summed E-state index contributed by atoms with van der Waals surface area (Å²) in [4.78, 5) is 24.3. The minimum atomic E-state index is -5.22. The summed E-state index contributed by atoms with van der Waals surface area (Å²) in [5.41, 5.74) is -2.70. The molecule has 0 saturated carbocycles. The lowest BCUT2D eigenvalue weighted by Crippen LogP contribution is -2.58. The van der Waals surface area contributed by atoms with Crippen LogP contribution in [0.1, 0.15) is 47.0 Å². The summed E-state index contributed by atoms with van der Waals surface area (Å²) in [7, 11) is 0. The topological polar surface area (TPSA) is 75.6 Å². The van der Waals surface area contributed by atoms with Gasteiger partial charge in [-0.3, -0.25) is 4.79 Å². The standard InChI is InChI=1S/C20H18F3NO4/c1-12(13-7-3-2-4-8-13)11-19(27,20(21,22)23)18(26)24-16-14-9-5-6-10-15(14)17(25)28-16/h2-10,12,16,27H,11H2,1H3,(H,24,26). The molecule has 3 unspecified atom stereocenters. The molecule has 1 heterocycles. The zero-order valence-electron chi connectivity index (χ0n) is 14.9. The Kier molecular flexibility index (Phi) is 5.16. The monoisotopic (exact) mass is 393 g/mol. The van der Waals surface area contributed by atoms with Crippen LogP contribution in [0.3, 0.4) is 0 Å². The number of fused-ring (bicyclic) bond motifs is 1.